The van der Waals surface area contributed by atoms with Gasteiger partial charge < -0.3 is 10.2 Å². The van der Waals surface area contributed by atoms with E-state index >= 15 is 0 Å². The van der Waals surface area contributed by atoms with Gasteiger partial charge in [-0.3, -0.25) is 14.3 Å². The van der Waals surface area contributed by atoms with Gasteiger partial charge in [-0.25, -0.2) is 4.68 Å². The number of nitrogens with one attached hydrogen (secondary N) is 1. The summed E-state index contributed by atoms with van der Waals surface area (Å²) < 4.78 is 3.43. The van der Waals surface area contributed by atoms with Crippen LogP contribution in [0.1, 0.15) is 25.5 Å². The molecule has 1 unspecified atom stereocenters. The Balaban J connectivity index is 1.89. The molecule has 2 aromatic rings. The smallest absolute Gasteiger partial charge is 0.295 e. The van der Waals surface area contributed by atoms with Gasteiger partial charge in [0.1, 0.15) is 11.7 Å². The standard InChI is InChI=1S/C18H24N4O2/c1-13(17(23)21-11-7-8-12-21)19-16-14(2)20(3)22(18(16)24)15-9-5-4-6-10-15/h4-6,9-10,13,19H,7-8,11-12H2,1-3H3. The van der Waals surface area contributed by atoms with Crippen LogP contribution in [0.3, 0.4) is 0 Å². The van der Waals surface area contributed by atoms with Crippen LogP contribution in [0.15, 0.2) is 35.1 Å². The van der Waals surface area contributed by atoms with Crippen LogP contribution >= 0.6 is 0 Å². The van der Waals surface area contributed by atoms with E-state index in [0.29, 0.717) is 5.69 Å². The quantitative estimate of drug-likeness (QED) is 0.933. The third-order valence-corrected chi connectivity index (χ3v) is 4.70. The first-order valence-corrected chi connectivity index (χ1v) is 8.40. The summed E-state index contributed by atoms with van der Waals surface area (Å²) in [6.45, 7) is 5.33. The van der Waals surface area contributed by atoms with Crippen LogP contribution in [0.25, 0.3) is 5.69 Å². The molecule has 1 aromatic heterocycles. The van der Waals surface area contributed by atoms with E-state index in [1.165, 1.54) is 0 Å². The van der Waals surface area contributed by atoms with Gasteiger partial charge in [0.15, 0.2) is 0 Å². The van der Waals surface area contributed by atoms with Crippen molar-refractivity contribution in [2.45, 2.75) is 32.7 Å². The number of carbonyl (C=O) groups is 1. The molecule has 0 aliphatic carbocycles. The maximum Gasteiger partial charge on any atom is 0.295 e. The van der Waals surface area contributed by atoms with Crippen LogP contribution in [-0.4, -0.2) is 39.3 Å². The number of anilines is 1. The molecule has 24 heavy (non-hydrogen) atoms. The first-order valence-electron chi connectivity index (χ1n) is 8.40. The Kier molecular flexibility index (Phi) is 4.46. The molecule has 1 amide bonds. The molecule has 1 aromatic carbocycles. The average Bonchev–Trinajstić information content (AvgIpc) is 3.19. The van der Waals surface area contributed by atoms with Crippen molar-refractivity contribution in [3.05, 3.63) is 46.4 Å². The summed E-state index contributed by atoms with van der Waals surface area (Å²) in [5.41, 5.74) is 1.97. The number of aromatic nitrogens is 2. The predicted octanol–water partition coefficient (Wildman–Crippen LogP) is 1.91. The number of hydrogen-bond donors (Lipinski definition) is 1. The second-order valence-corrected chi connectivity index (χ2v) is 6.33. The summed E-state index contributed by atoms with van der Waals surface area (Å²) in [6.07, 6.45) is 2.12. The van der Waals surface area contributed by atoms with Crippen LogP contribution in [0.4, 0.5) is 5.69 Å². The minimum absolute atomic E-state index is 0.0569. The van der Waals surface area contributed by atoms with Gasteiger partial charge >= 0.3 is 0 Å². The summed E-state index contributed by atoms with van der Waals surface area (Å²) in [5.74, 6) is 0.0569. The van der Waals surface area contributed by atoms with E-state index in [-0.39, 0.29) is 11.5 Å². The van der Waals surface area contributed by atoms with Crippen LogP contribution in [-0.2, 0) is 11.8 Å². The Morgan fingerprint density at radius 2 is 1.79 bits per heavy atom. The molecule has 0 bridgehead atoms. The minimum Gasteiger partial charge on any atom is -0.368 e. The summed E-state index contributed by atoms with van der Waals surface area (Å²) >= 11 is 0. The number of amides is 1. The molecule has 1 saturated heterocycles. The van der Waals surface area contributed by atoms with Gasteiger partial charge in [-0.05, 0) is 38.8 Å². The number of nitrogens with zero attached hydrogens (tertiary/aromatic N) is 3. The first kappa shape index (κ1) is 16.4. The van der Waals surface area contributed by atoms with Crippen molar-refractivity contribution in [3.63, 3.8) is 0 Å². The number of rotatable bonds is 4. The molecule has 1 N–H and O–H groups in total. The van der Waals surface area contributed by atoms with Crippen molar-refractivity contribution < 1.29 is 4.79 Å². The Morgan fingerprint density at radius 3 is 2.42 bits per heavy atom. The van der Waals surface area contributed by atoms with Gasteiger partial charge in [-0.15, -0.1) is 0 Å². The molecule has 1 aliphatic rings. The number of likely N-dealkylation sites (tertiary alicyclic amines) is 1. The fraction of sp³-hybridized carbons (Fsp3) is 0.444. The SMILES string of the molecule is Cc1c(NC(C)C(=O)N2CCCC2)c(=O)n(-c2ccccc2)n1C. The lowest BCUT2D eigenvalue weighted by Gasteiger charge is -2.21. The zero-order valence-corrected chi connectivity index (χ0v) is 14.5. The third-order valence-electron chi connectivity index (χ3n) is 4.70. The first-order chi connectivity index (χ1) is 11.5. The van der Waals surface area contributed by atoms with Crippen LogP contribution in [0.5, 0.6) is 0 Å². The molecular weight excluding hydrogens is 304 g/mol. The Labute approximate surface area is 141 Å². The van der Waals surface area contributed by atoms with Crippen LogP contribution in [0, 0.1) is 6.92 Å². The molecule has 1 fully saturated rings. The van der Waals surface area contributed by atoms with Crippen molar-refractivity contribution in [2.24, 2.45) is 7.05 Å². The molecular formula is C18H24N4O2. The normalized spacial score (nSPS) is 15.5. The monoisotopic (exact) mass is 328 g/mol. The molecule has 0 saturated carbocycles. The van der Waals surface area contributed by atoms with Gasteiger partial charge in [0.05, 0.1) is 11.4 Å². The highest BCUT2D eigenvalue weighted by Gasteiger charge is 2.25. The lowest BCUT2D eigenvalue weighted by molar-refractivity contribution is -0.130. The third kappa shape index (κ3) is 2.84. The molecule has 2 heterocycles. The molecule has 0 spiro atoms. The molecule has 0 radical (unpaired) electrons. The fourth-order valence-corrected chi connectivity index (χ4v) is 3.22. The van der Waals surface area contributed by atoms with E-state index in [1.54, 1.807) is 4.68 Å². The van der Waals surface area contributed by atoms with Crippen molar-refractivity contribution >= 4 is 11.6 Å². The van der Waals surface area contributed by atoms with Crippen LogP contribution in [0.2, 0.25) is 0 Å². The van der Waals surface area contributed by atoms with E-state index in [2.05, 4.69) is 5.32 Å². The van der Waals surface area contributed by atoms with Crippen molar-refractivity contribution in [1.82, 2.24) is 14.3 Å². The van der Waals surface area contributed by atoms with Crippen molar-refractivity contribution in [3.8, 4) is 5.69 Å². The largest absolute Gasteiger partial charge is 0.368 e. The number of benzene rings is 1. The Morgan fingerprint density at radius 1 is 1.17 bits per heavy atom. The van der Waals surface area contributed by atoms with Crippen LogP contribution < -0.4 is 10.9 Å². The highest BCUT2D eigenvalue weighted by Crippen LogP contribution is 2.16. The van der Waals surface area contributed by atoms with Gasteiger partial charge in [0, 0.05) is 20.1 Å². The average molecular weight is 328 g/mol. The summed E-state index contributed by atoms with van der Waals surface area (Å²) in [6, 6.07) is 9.08. The fourth-order valence-electron chi connectivity index (χ4n) is 3.22. The highest BCUT2D eigenvalue weighted by molar-refractivity contribution is 5.84. The van der Waals surface area contributed by atoms with E-state index in [1.807, 2.05) is 60.8 Å². The summed E-state index contributed by atoms with van der Waals surface area (Å²) in [4.78, 5) is 27.2. The number of hydrogen-bond acceptors (Lipinski definition) is 3. The van der Waals surface area contributed by atoms with E-state index in [9.17, 15) is 9.59 Å². The predicted molar refractivity (Wildman–Crippen MR) is 94.6 cm³/mol. The minimum atomic E-state index is -0.416. The summed E-state index contributed by atoms with van der Waals surface area (Å²) in [5, 5.41) is 3.14. The van der Waals surface area contributed by atoms with Gasteiger partial charge in [0.2, 0.25) is 5.91 Å². The number of para-hydroxylation sites is 1. The van der Waals surface area contributed by atoms with Gasteiger partial charge in [0.25, 0.3) is 5.56 Å². The Hall–Kier alpha value is -2.50. The lowest BCUT2D eigenvalue weighted by Crippen LogP contribution is -2.40. The second kappa shape index (κ2) is 6.55. The van der Waals surface area contributed by atoms with Crippen molar-refractivity contribution in [2.75, 3.05) is 18.4 Å². The second-order valence-electron chi connectivity index (χ2n) is 6.33. The molecule has 1 aliphatic heterocycles. The molecule has 6 heteroatoms. The molecule has 1 atom stereocenters. The zero-order chi connectivity index (χ0) is 17.3. The topological polar surface area (TPSA) is 59.3 Å². The number of carbonyl (C=O) groups excluding carboxylic acids is 1. The zero-order valence-electron chi connectivity index (χ0n) is 14.5. The molecule has 3 rings (SSSR count). The van der Waals surface area contributed by atoms with E-state index in [4.69, 9.17) is 0 Å². The Bertz CT molecular complexity index is 785. The van der Waals surface area contributed by atoms with E-state index in [0.717, 1.165) is 37.3 Å². The van der Waals surface area contributed by atoms with E-state index < -0.39 is 6.04 Å². The molecule has 6 nitrogen and oxygen atoms in total. The maximum absolute atomic E-state index is 12.8. The maximum atomic E-state index is 12.8. The van der Waals surface area contributed by atoms with Gasteiger partial charge in [-0.2, -0.15) is 0 Å². The highest BCUT2D eigenvalue weighted by atomic mass is 16.2. The van der Waals surface area contributed by atoms with Crippen molar-refractivity contribution in [1.29, 1.82) is 0 Å². The molecule has 128 valence electrons. The lowest BCUT2D eigenvalue weighted by atomic mass is 10.2. The summed E-state index contributed by atoms with van der Waals surface area (Å²) in [7, 11) is 1.85. The van der Waals surface area contributed by atoms with Gasteiger partial charge in [-0.1, -0.05) is 18.2 Å².